The molecule has 0 amide bonds. The Balaban J connectivity index is 1.46. The standard InChI is InChI=1S/C32H24F5N3O5/c1-17-28(19-5-7-20(33)8-6-19)30(42)21(15-40(17)16-32(35,36)37)24(41)13-18-4-9-25(22(34)12-18)45-26-10-11-38-23-14-27(43-2)31(44-3)39-29(23)26/h4-12,14-15H,13,16H2,1-3H3. The fourth-order valence-corrected chi connectivity index (χ4v) is 4.79. The van der Waals surface area contributed by atoms with E-state index in [-0.39, 0.29) is 45.3 Å². The van der Waals surface area contributed by atoms with E-state index in [2.05, 4.69) is 9.97 Å². The van der Waals surface area contributed by atoms with Crippen molar-refractivity contribution in [2.24, 2.45) is 0 Å². The Hall–Kier alpha value is -5.33. The predicted octanol–water partition coefficient (Wildman–Crippen LogP) is 6.84. The van der Waals surface area contributed by atoms with Gasteiger partial charge < -0.3 is 18.8 Å². The first-order chi connectivity index (χ1) is 21.4. The van der Waals surface area contributed by atoms with Crippen LogP contribution in [0.3, 0.4) is 0 Å². The molecule has 0 bridgehead atoms. The van der Waals surface area contributed by atoms with Crippen LogP contribution < -0.4 is 19.6 Å². The Morgan fingerprint density at radius 1 is 0.933 bits per heavy atom. The minimum atomic E-state index is -4.66. The van der Waals surface area contributed by atoms with Crippen molar-refractivity contribution >= 4 is 16.8 Å². The van der Waals surface area contributed by atoms with Crippen LogP contribution in [0.1, 0.15) is 21.6 Å². The van der Waals surface area contributed by atoms with Crippen molar-refractivity contribution in [3.8, 4) is 34.3 Å². The number of alkyl halides is 3. The van der Waals surface area contributed by atoms with Gasteiger partial charge in [0.25, 0.3) is 5.88 Å². The molecule has 45 heavy (non-hydrogen) atoms. The summed E-state index contributed by atoms with van der Waals surface area (Å²) in [5.74, 6) is -1.86. The molecular weight excluding hydrogens is 601 g/mol. The number of hydrogen-bond acceptors (Lipinski definition) is 7. The molecule has 5 aromatic rings. The number of halogens is 5. The highest BCUT2D eigenvalue weighted by Crippen LogP contribution is 2.35. The molecule has 0 aliphatic rings. The van der Waals surface area contributed by atoms with Gasteiger partial charge in [0.1, 0.15) is 17.9 Å². The number of ketones is 1. The van der Waals surface area contributed by atoms with E-state index in [1.807, 2.05) is 0 Å². The van der Waals surface area contributed by atoms with Crippen LogP contribution >= 0.6 is 0 Å². The summed E-state index contributed by atoms with van der Waals surface area (Å²) in [5.41, 5.74) is -0.640. The van der Waals surface area contributed by atoms with Gasteiger partial charge in [-0.25, -0.2) is 13.8 Å². The number of carbonyl (C=O) groups excluding carboxylic acids is 1. The average molecular weight is 626 g/mol. The summed E-state index contributed by atoms with van der Waals surface area (Å²) in [6.07, 6.45) is -2.88. The van der Waals surface area contributed by atoms with Crippen LogP contribution in [-0.2, 0) is 13.0 Å². The first-order valence-electron chi connectivity index (χ1n) is 13.3. The lowest BCUT2D eigenvalue weighted by Crippen LogP contribution is -2.27. The highest BCUT2D eigenvalue weighted by molar-refractivity contribution is 5.98. The molecule has 232 valence electrons. The topological polar surface area (TPSA) is 92.5 Å². The quantitative estimate of drug-likeness (QED) is 0.131. The molecule has 0 atom stereocenters. The third-order valence-corrected chi connectivity index (χ3v) is 6.93. The largest absolute Gasteiger partial charge is 0.491 e. The fourth-order valence-electron chi connectivity index (χ4n) is 4.79. The monoisotopic (exact) mass is 625 g/mol. The van der Waals surface area contributed by atoms with Crippen molar-refractivity contribution in [2.45, 2.75) is 26.1 Å². The second-order valence-electron chi connectivity index (χ2n) is 9.93. The Bertz CT molecular complexity index is 1970. The second kappa shape index (κ2) is 12.3. The zero-order valence-electron chi connectivity index (χ0n) is 24.0. The van der Waals surface area contributed by atoms with Gasteiger partial charge in [0, 0.05) is 42.2 Å². The minimum absolute atomic E-state index is 0.0535. The van der Waals surface area contributed by atoms with Crippen LogP contribution in [-0.4, -0.2) is 40.7 Å². The molecule has 3 heterocycles. The smallest absolute Gasteiger partial charge is 0.406 e. The maximum atomic E-state index is 15.2. The van der Waals surface area contributed by atoms with E-state index in [9.17, 15) is 27.2 Å². The highest BCUT2D eigenvalue weighted by atomic mass is 19.4. The van der Waals surface area contributed by atoms with E-state index in [0.29, 0.717) is 11.3 Å². The highest BCUT2D eigenvalue weighted by Gasteiger charge is 2.30. The molecule has 5 rings (SSSR count). The van der Waals surface area contributed by atoms with E-state index in [1.54, 1.807) is 6.07 Å². The van der Waals surface area contributed by atoms with Crippen LogP contribution in [0.5, 0.6) is 23.1 Å². The zero-order valence-corrected chi connectivity index (χ0v) is 24.0. The lowest BCUT2D eigenvalue weighted by Gasteiger charge is -2.18. The van der Waals surface area contributed by atoms with E-state index >= 15 is 4.39 Å². The Kier molecular flexibility index (Phi) is 8.53. The number of aromatic nitrogens is 3. The summed E-state index contributed by atoms with van der Waals surface area (Å²) in [4.78, 5) is 35.3. The average Bonchev–Trinajstić information content (AvgIpc) is 2.99. The summed E-state index contributed by atoms with van der Waals surface area (Å²) < 4.78 is 85.8. The molecule has 0 aliphatic heterocycles. The number of benzene rings is 2. The van der Waals surface area contributed by atoms with Crippen LogP contribution in [0.4, 0.5) is 22.0 Å². The molecule has 0 fully saturated rings. The Labute approximate surface area is 252 Å². The third-order valence-electron chi connectivity index (χ3n) is 6.93. The number of pyridine rings is 3. The molecule has 0 radical (unpaired) electrons. The minimum Gasteiger partial charge on any atom is -0.491 e. The summed E-state index contributed by atoms with van der Waals surface area (Å²) in [6, 6.07) is 11.3. The van der Waals surface area contributed by atoms with Gasteiger partial charge in [-0.05, 0) is 42.3 Å². The Morgan fingerprint density at radius 2 is 1.67 bits per heavy atom. The third kappa shape index (κ3) is 6.61. The first kappa shape index (κ1) is 31.1. The molecule has 2 aromatic carbocycles. The van der Waals surface area contributed by atoms with Gasteiger partial charge in [0.15, 0.2) is 34.3 Å². The van der Waals surface area contributed by atoms with Gasteiger partial charge in [-0.3, -0.25) is 14.6 Å². The van der Waals surface area contributed by atoms with Crippen LogP contribution in [0.25, 0.3) is 22.2 Å². The van der Waals surface area contributed by atoms with Crippen molar-refractivity contribution in [3.05, 3.63) is 106 Å². The van der Waals surface area contributed by atoms with Gasteiger partial charge in [-0.15, -0.1) is 0 Å². The van der Waals surface area contributed by atoms with Crippen molar-refractivity contribution in [1.29, 1.82) is 0 Å². The number of carbonyl (C=O) groups is 1. The van der Waals surface area contributed by atoms with Gasteiger partial charge in [-0.1, -0.05) is 18.2 Å². The normalized spacial score (nSPS) is 11.5. The van der Waals surface area contributed by atoms with Crippen molar-refractivity contribution in [3.63, 3.8) is 0 Å². The number of methoxy groups -OCH3 is 2. The zero-order chi connectivity index (χ0) is 32.5. The number of hydrogen-bond donors (Lipinski definition) is 0. The molecule has 0 saturated heterocycles. The van der Waals surface area contributed by atoms with E-state index in [1.165, 1.54) is 57.7 Å². The molecular formula is C32H24F5N3O5. The van der Waals surface area contributed by atoms with Crippen molar-refractivity contribution < 1.29 is 41.0 Å². The number of Topliss-reactive ketones (excluding diaryl/α,β-unsaturated/α-hetero) is 1. The van der Waals surface area contributed by atoms with Crippen LogP contribution in [0, 0.1) is 18.6 Å². The van der Waals surface area contributed by atoms with E-state index in [4.69, 9.17) is 14.2 Å². The number of ether oxygens (including phenoxy) is 3. The molecule has 3 aromatic heterocycles. The van der Waals surface area contributed by atoms with Crippen molar-refractivity contribution in [1.82, 2.24) is 14.5 Å². The van der Waals surface area contributed by atoms with Crippen molar-refractivity contribution in [2.75, 3.05) is 14.2 Å². The molecule has 0 saturated carbocycles. The second-order valence-corrected chi connectivity index (χ2v) is 9.93. The Morgan fingerprint density at radius 3 is 2.31 bits per heavy atom. The number of nitrogens with zero attached hydrogens (tertiary/aromatic N) is 3. The van der Waals surface area contributed by atoms with Gasteiger partial charge in [0.2, 0.25) is 0 Å². The number of rotatable bonds is 9. The summed E-state index contributed by atoms with van der Waals surface area (Å²) in [5, 5.41) is 0. The van der Waals surface area contributed by atoms with Gasteiger partial charge in [-0.2, -0.15) is 13.2 Å². The maximum Gasteiger partial charge on any atom is 0.406 e. The van der Waals surface area contributed by atoms with Gasteiger partial charge >= 0.3 is 6.18 Å². The lowest BCUT2D eigenvalue weighted by atomic mass is 9.97. The molecule has 0 unspecified atom stereocenters. The predicted molar refractivity (Wildman–Crippen MR) is 154 cm³/mol. The fraction of sp³-hybridized carbons (Fsp3) is 0.188. The van der Waals surface area contributed by atoms with Crippen LogP contribution in [0.2, 0.25) is 0 Å². The van der Waals surface area contributed by atoms with E-state index < -0.39 is 47.6 Å². The lowest BCUT2D eigenvalue weighted by molar-refractivity contribution is -0.141. The molecule has 0 aliphatic carbocycles. The van der Waals surface area contributed by atoms with E-state index in [0.717, 1.165) is 29.0 Å². The maximum absolute atomic E-state index is 15.2. The molecule has 0 spiro atoms. The van der Waals surface area contributed by atoms with Gasteiger partial charge in [0.05, 0.1) is 25.3 Å². The molecule has 13 heteroatoms. The number of fused-ring (bicyclic) bond motifs is 1. The summed E-state index contributed by atoms with van der Waals surface area (Å²) >= 11 is 0. The van der Waals surface area contributed by atoms with Crippen LogP contribution in [0.15, 0.2) is 71.8 Å². The summed E-state index contributed by atoms with van der Waals surface area (Å²) in [6.45, 7) is -0.159. The first-order valence-corrected chi connectivity index (χ1v) is 13.3. The molecule has 8 nitrogen and oxygen atoms in total. The SMILES string of the molecule is COc1cc2nccc(Oc3ccc(CC(=O)c4cn(CC(F)(F)F)c(C)c(-c5ccc(F)cc5)c4=O)cc3F)c2nc1OC. The molecule has 0 N–H and O–H groups in total. The summed E-state index contributed by atoms with van der Waals surface area (Å²) in [7, 11) is 2.84.